The topological polar surface area (TPSA) is 74.5 Å². The molecule has 0 fully saturated rings. The first-order chi connectivity index (χ1) is 8.78. The van der Waals surface area contributed by atoms with Crippen LogP contribution in [0, 0.1) is 0 Å². The lowest BCUT2D eigenvalue weighted by Crippen LogP contribution is -2.21. The summed E-state index contributed by atoms with van der Waals surface area (Å²) in [6, 6.07) is 0.204. The smallest absolute Gasteiger partial charge is 0.180 e. The lowest BCUT2D eigenvalue weighted by atomic mass is 10.1. The first-order valence-corrected chi connectivity index (χ1v) is 6.17. The highest BCUT2D eigenvalue weighted by molar-refractivity contribution is 5.65. The van der Waals surface area contributed by atoms with Crippen LogP contribution >= 0.6 is 0 Å². The first-order valence-electron chi connectivity index (χ1n) is 6.17. The fourth-order valence-corrected chi connectivity index (χ4v) is 1.88. The predicted octanol–water partition coefficient (Wildman–Crippen LogP) is 1.34. The highest BCUT2D eigenvalue weighted by Crippen LogP contribution is 2.18. The van der Waals surface area contributed by atoms with E-state index in [-0.39, 0.29) is 12.6 Å². The third-order valence-corrected chi connectivity index (χ3v) is 2.94. The Morgan fingerprint density at radius 1 is 1.50 bits per heavy atom. The van der Waals surface area contributed by atoms with E-state index in [1.54, 1.807) is 6.20 Å². The number of aliphatic hydroxyl groups is 1. The van der Waals surface area contributed by atoms with Gasteiger partial charge in [0.15, 0.2) is 11.5 Å². The molecule has 0 aromatic carbocycles. The van der Waals surface area contributed by atoms with Crippen LogP contribution in [-0.2, 0) is 0 Å². The molecule has 6 heteroatoms. The lowest BCUT2D eigenvalue weighted by Gasteiger charge is -2.17. The van der Waals surface area contributed by atoms with Gasteiger partial charge in [0.2, 0.25) is 0 Å². The molecule has 2 aromatic heterocycles. The van der Waals surface area contributed by atoms with E-state index in [4.69, 9.17) is 5.11 Å². The summed E-state index contributed by atoms with van der Waals surface area (Å²) in [5.74, 6) is 1.52. The molecule has 2 heterocycles. The van der Waals surface area contributed by atoms with Crippen molar-refractivity contribution in [2.24, 2.45) is 0 Å². The van der Waals surface area contributed by atoms with E-state index in [0.29, 0.717) is 6.42 Å². The summed E-state index contributed by atoms with van der Waals surface area (Å²) in [5.41, 5.74) is 0.797. The molecule has 0 aliphatic carbocycles. The van der Waals surface area contributed by atoms with Crippen molar-refractivity contribution < 1.29 is 5.11 Å². The van der Waals surface area contributed by atoms with Gasteiger partial charge in [-0.05, 0) is 12.8 Å². The molecule has 2 rings (SSSR count). The molecule has 98 valence electrons. The summed E-state index contributed by atoms with van der Waals surface area (Å²) in [5, 5.41) is 15.4. The van der Waals surface area contributed by atoms with E-state index >= 15 is 0 Å². The van der Waals surface area contributed by atoms with Gasteiger partial charge >= 0.3 is 0 Å². The van der Waals surface area contributed by atoms with E-state index in [1.807, 2.05) is 23.8 Å². The van der Waals surface area contributed by atoms with Crippen LogP contribution in [0.1, 0.15) is 19.8 Å². The molecule has 2 aromatic rings. The maximum Gasteiger partial charge on any atom is 0.180 e. The Morgan fingerprint density at radius 3 is 3.00 bits per heavy atom. The zero-order chi connectivity index (χ0) is 13.0. The molecule has 18 heavy (non-hydrogen) atoms. The second-order valence-electron chi connectivity index (χ2n) is 4.14. The quantitative estimate of drug-likeness (QED) is 0.720. The molecule has 3 N–H and O–H groups in total. The lowest BCUT2D eigenvalue weighted by molar-refractivity contribution is 0.278. The number of hydrogen-bond donors (Lipinski definition) is 3. The zero-order valence-corrected chi connectivity index (χ0v) is 10.7. The fraction of sp³-hybridized carbons (Fsp3) is 0.500. The molecular formula is C12H19N5O. The summed E-state index contributed by atoms with van der Waals surface area (Å²) < 4.78 is 1.92. The van der Waals surface area contributed by atoms with Gasteiger partial charge in [0, 0.05) is 32.1 Å². The molecule has 6 nitrogen and oxygen atoms in total. The third kappa shape index (κ3) is 2.53. The minimum Gasteiger partial charge on any atom is -0.396 e. The number of anilines is 2. The molecule has 0 aliphatic rings. The Hall–Kier alpha value is -1.82. The van der Waals surface area contributed by atoms with Crippen LogP contribution in [0.5, 0.6) is 0 Å². The van der Waals surface area contributed by atoms with Gasteiger partial charge in [0.25, 0.3) is 0 Å². The van der Waals surface area contributed by atoms with Crippen molar-refractivity contribution in [2.75, 3.05) is 24.3 Å². The average molecular weight is 249 g/mol. The molecule has 0 saturated carbocycles. The van der Waals surface area contributed by atoms with Crippen LogP contribution in [-0.4, -0.2) is 39.2 Å². The number of fused-ring (bicyclic) bond motifs is 1. The number of hydrogen-bond acceptors (Lipinski definition) is 5. The summed E-state index contributed by atoms with van der Waals surface area (Å²) in [7, 11) is 1.83. The van der Waals surface area contributed by atoms with Crippen LogP contribution in [0.3, 0.4) is 0 Å². The molecule has 0 saturated heterocycles. The summed E-state index contributed by atoms with van der Waals surface area (Å²) in [4.78, 5) is 8.76. The minimum atomic E-state index is 0.169. The van der Waals surface area contributed by atoms with E-state index < -0.39 is 0 Å². The van der Waals surface area contributed by atoms with Crippen molar-refractivity contribution in [1.82, 2.24) is 14.4 Å². The monoisotopic (exact) mass is 249 g/mol. The van der Waals surface area contributed by atoms with Gasteiger partial charge in [0.1, 0.15) is 5.82 Å². The summed E-state index contributed by atoms with van der Waals surface area (Å²) in [6.45, 7) is 2.25. The van der Waals surface area contributed by atoms with Crippen LogP contribution in [0.4, 0.5) is 11.6 Å². The third-order valence-electron chi connectivity index (χ3n) is 2.94. The van der Waals surface area contributed by atoms with E-state index in [0.717, 1.165) is 23.7 Å². The second kappa shape index (κ2) is 5.68. The van der Waals surface area contributed by atoms with Gasteiger partial charge in [-0.15, -0.1) is 0 Å². The highest BCUT2D eigenvalue weighted by Gasteiger charge is 2.11. The van der Waals surface area contributed by atoms with E-state index in [1.165, 1.54) is 0 Å². The molecule has 0 spiro atoms. The van der Waals surface area contributed by atoms with Crippen molar-refractivity contribution in [3.05, 3.63) is 18.6 Å². The van der Waals surface area contributed by atoms with Gasteiger partial charge < -0.3 is 20.1 Å². The Balaban J connectivity index is 2.32. The van der Waals surface area contributed by atoms with Crippen molar-refractivity contribution in [3.63, 3.8) is 0 Å². The van der Waals surface area contributed by atoms with E-state index in [2.05, 4.69) is 27.5 Å². The van der Waals surface area contributed by atoms with Crippen LogP contribution < -0.4 is 10.6 Å². The van der Waals surface area contributed by atoms with Crippen LogP contribution in [0.2, 0.25) is 0 Å². The molecule has 0 amide bonds. The second-order valence-corrected chi connectivity index (χ2v) is 4.14. The number of aliphatic hydroxyl groups excluding tert-OH is 1. The molecule has 0 bridgehead atoms. The van der Waals surface area contributed by atoms with Crippen molar-refractivity contribution in [3.8, 4) is 0 Å². The number of rotatable bonds is 6. The normalized spacial score (nSPS) is 12.6. The summed E-state index contributed by atoms with van der Waals surface area (Å²) >= 11 is 0. The molecule has 1 unspecified atom stereocenters. The molecule has 0 aliphatic heterocycles. The maximum atomic E-state index is 9.03. The van der Waals surface area contributed by atoms with E-state index in [9.17, 15) is 0 Å². The number of aromatic nitrogens is 3. The van der Waals surface area contributed by atoms with Crippen molar-refractivity contribution in [2.45, 2.75) is 25.8 Å². The summed E-state index contributed by atoms with van der Waals surface area (Å²) in [6.07, 6.45) is 7.15. The average Bonchev–Trinajstić information content (AvgIpc) is 2.86. The van der Waals surface area contributed by atoms with Gasteiger partial charge in [-0.3, -0.25) is 0 Å². The molecule has 1 atom stereocenters. The Labute approximate surface area is 106 Å². The predicted molar refractivity (Wildman–Crippen MR) is 71.9 cm³/mol. The van der Waals surface area contributed by atoms with Gasteiger partial charge in [-0.1, -0.05) is 6.92 Å². The van der Waals surface area contributed by atoms with Crippen LogP contribution in [0.15, 0.2) is 18.6 Å². The van der Waals surface area contributed by atoms with Gasteiger partial charge in [0.05, 0.1) is 6.20 Å². The van der Waals surface area contributed by atoms with Gasteiger partial charge in [-0.2, -0.15) is 0 Å². The van der Waals surface area contributed by atoms with Gasteiger partial charge in [-0.25, -0.2) is 9.97 Å². The Morgan fingerprint density at radius 2 is 2.33 bits per heavy atom. The zero-order valence-electron chi connectivity index (χ0n) is 10.7. The maximum absolute atomic E-state index is 9.03. The van der Waals surface area contributed by atoms with Crippen molar-refractivity contribution >= 4 is 17.3 Å². The minimum absolute atomic E-state index is 0.169. The highest BCUT2D eigenvalue weighted by atomic mass is 16.3. The molecular weight excluding hydrogens is 230 g/mol. The number of nitrogens with zero attached hydrogens (tertiary/aromatic N) is 3. The van der Waals surface area contributed by atoms with Crippen LogP contribution in [0.25, 0.3) is 5.65 Å². The standard InChI is InChI=1S/C12H19N5O/c1-3-9(4-7-18)15-11-12-14-5-6-17(12)8-10(13-2)16-11/h5-6,8-9,13,18H,3-4,7H2,1-2H3,(H,15,16). The Kier molecular flexibility index (Phi) is 3.99. The Bertz CT molecular complexity index is 510. The number of nitrogens with one attached hydrogen (secondary N) is 2. The van der Waals surface area contributed by atoms with Crippen molar-refractivity contribution in [1.29, 1.82) is 0 Å². The largest absolute Gasteiger partial charge is 0.396 e. The fourth-order valence-electron chi connectivity index (χ4n) is 1.88. The number of imidazole rings is 1. The molecule has 0 radical (unpaired) electrons. The first kappa shape index (κ1) is 12.6. The SMILES string of the molecule is CCC(CCO)Nc1nc(NC)cn2ccnc12.